The molecule has 0 amide bonds. The van der Waals surface area contributed by atoms with E-state index in [0.717, 1.165) is 5.56 Å². The van der Waals surface area contributed by atoms with E-state index in [4.69, 9.17) is 9.84 Å². The van der Waals surface area contributed by atoms with Crippen LogP contribution in [0.4, 0.5) is 0 Å². The summed E-state index contributed by atoms with van der Waals surface area (Å²) in [5.74, 6) is 0.651. The second-order valence-corrected chi connectivity index (χ2v) is 6.89. The van der Waals surface area contributed by atoms with Gasteiger partial charge in [-0.15, -0.1) is 0 Å². The molecule has 1 aromatic rings. The number of benzene rings is 1. The quantitative estimate of drug-likeness (QED) is 0.857. The van der Waals surface area contributed by atoms with E-state index in [1.165, 1.54) is 0 Å². The lowest BCUT2D eigenvalue weighted by molar-refractivity contribution is 0.208. The molecule has 0 spiro atoms. The molecule has 6 heteroatoms. The topological polar surface area (TPSA) is 75.6 Å². The number of hydrogen-bond donors (Lipinski definition) is 2. The van der Waals surface area contributed by atoms with E-state index < -0.39 is 15.6 Å². The molecule has 0 bridgehead atoms. The van der Waals surface area contributed by atoms with Gasteiger partial charge in [-0.05, 0) is 51.0 Å². The van der Waals surface area contributed by atoms with Gasteiger partial charge in [-0.3, -0.25) is 0 Å². The molecule has 0 aliphatic carbocycles. The average Bonchev–Trinajstić information content (AvgIpc) is 2.30. The SMILES string of the molecule is COc1cc(C)c(S(=O)(=O)NC(C)(C)CO)cc1C. The van der Waals surface area contributed by atoms with Gasteiger partial charge in [0.05, 0.1) is 24.2 Å². The van der Waals surface area contributed by atoms with Crippen LogP contribution < -0.4 is 9.46 Å². The minimum atomic E-state index is -3.67. The molecule has 108 valence electrons. The monoisotopic (exact) mass is 287 g/mol. The summed E-state index contributed by atoms with van der Waals surface area (Å²) in [6.07, 6.45) is 0. The van der Waals surface area contributed by atoms with Gasteiger partial charge in [-0.25, -0.2) is 13.1 Å². The van der Waals surface area contributed by atoms with E-state index in [-0.39, 0.29) is 11.5 Å². The van der Waals surface area contributed by atoms with E-state index in [0.29, 0.717) is 11.3 Å². The predicted molar refractivity (Wildman–Crippen MR) is 74.0 cm³/mol. The van der Waals surface area contributed by atoms with Crippen LogP contribution in [-0.2, 0) is 10.0 Å². The summed E-state index contributed by atoms with van der Waals surface area (Å²) in [5.41, 5.74) is 0.443. The second-order valence-electron chi connectivity index (χ2n) is 5.23. The Balaban J connectivity index is 3.27. The third-order valence-corrected chi connectivity index (χ3v) is 4.63. The Bertz CT molecular complexity index is 564. The summed E-state index contributed by atoms with van der Waals surface area (Å²) in [4.78, 5) is 0.201. The predicted octanol–water partition coefficient (Wildman–Crippen LogP) is 1.36. The highest BCUT2D eigenvalue weighted by Crippen LogP contribution is 2.26. The second kappa shape index (κ2) is 5.48. The lowest BCUT2D eigenvalue weighted by atomic mass is 10.1. The fourth-order valence-electron chi connectivity index (χ4n) is 1.72. The Hall–Kier alpha value is -1.11. The van der Waals surface area contributed by atoms with Crippen LogP contribution in [0.25, 0.3) is 0 Å². The lowest BCUT2D eigenvalue weighted by Crippen LogP contribution is -2.46. The summed E-state index contributed by atoms with van der Waals surface area (Å²) in [6.45, 7) is 6.46. The van der Waals surface area contributed by atoms with Gasteiger partial charge in [0.25, 0.3) is 0 Å². The summed E-state index contributed by atoms with van der Waals surface area (Å²) in [6, 6.07) is 3.26. The van der Waals surface area contributed by atoms with Gasteiger partial charge in [0, 0.05) is 0 Å². The van der Waals surface area contributed by atoms with E-state index in [1.807, 2.05) is 0 Å². The minimum absolute atomic E-state index is 0.201. The molecule has 19 heavy (non-hydrogen) atoms. The van der Waals surface area contributed by atoms with E-state index in [1.54, 1.807) is 46.9 Å². The fourth-order valence-corrected chi connectivity index (χ4v) is 3.44. The van der Waals surface area contributed by atoms with Gasteiger partial charge in [0.2, 0.25) is 10.0 Å². The average molecular weight is 287 g/mol. The van der Waals surface area contributed by atoms with Crippen molar-refractivity contribution in [3.05, 3.63) is 23.3 Å². The van der Waals surface area contributed by atoms with Gasteiger partial charge in [-0.1, -0.05) is 0 Å². The van der Waals surface area contributed by atoms with E-state index in [2.05, 4.69) is 4.72 Å². The number of rotatable bonds is 5. The number of sulfonamides is 1. The molecule has 5 nitrogen and oxygen atoms in total. The molecule has 0 radical (unpaired) electrons. The molecule has 2 N–H and O–H groups in total. The standard InChI is InChI=1S/C13H21NO4S/c1-9-7-12(10(2)6-11(9)18-5)19(16,17)14-13(3,4)8-15/h6-7,14-15H,8H2,1-5H3. The molecule has 0 atom stereocenters. The van der Waals surface area contributed by atoms with Crippen molar-refractivity contribution in [2.24, 2.45) is 0 Å². The molecule has 0 aliphatic heterocycles. The first-order valence-corrected chi connectivity index (χ1v) is 7.41. The van der Waals surface area contributed by atoms with Gasteiger partial charge >= 0.3 is 0 Å². The van der Waals surface area contributed by atoms with Crippen LogP contribution in [0.15, 0.2) is 17.0 Å². The first-order chi connectivity index (χ1) is 8.63. The normalized spacial score (nSPS) is 12.5. The zero-order chi connectivity index (χ0) is 14.8. The largest absolute Gasteiger partial charge is 0.496 e. The van der Waals surface area contributed by atoms with Gasteiger partial charge in [0.15, 0.2) is 0 Å². The Morgan fingerprint density at radius 2 is 1.84 bits per heavy atom. The van der Waals surface area contributed by atoms with Crippen molar-refractivity contribution in [2.45, 2.75) is 38.1 Å². The fraction of sp³-hybridized carbons (Fsp3) is 0.538. The zero-order valence-corrected chi connectivity index (χ0v) is 12.8. The molecule has 0 heterocycles. The third-order valence-electron chi connectivity index (χ3n) is 2.79. The summed E-state index contributed by atoms with van der Waals surface area (Å²) < 4.78 is 32.3. The number of ether oxygens (including phenoxy) is 1. The molecule has 0 fully saturated rings. The van der Waals surface area contributed by atoms with Crippen LogP contribution in [0.2, 0.25) is 0 Å². The Kier molecular flexibility index (Phi) is 4.60. The first kappa shape index (κ1) is 15.9. The maximum absolute atomic E-state index is 12.3. The summed E-state index contributed by atoms with van der Waals surface area (Å²) in [7, 11) is -2.13. The summed E-state index contributed by atoms with van der Waals surface area (Å²) >= 11 is 0. The third kappa shape index (κ3) is 3.68. The highest BCUT2D eigenvalue weighted by atomic mass is 32.2. The number of aryl methyl sites for hydroxylation is 2. The van der Waals surface area contributed by atoms with Gasteiger partial charge in [-0.2, -0.15) is 0 Å². The molecule has 1 aromatic carbocycles. The Morgan fingerprint density at radius 1 is 1.26 bits per heavy atom. The van der Waals surface area contributed by atoms with Crippen molar-refractivity contribution < 1.29 is 18.3 Å². The molecule has 1 rings (SSSR count). The smallest absolute Gasteiger partial charge is 0.241 e. The van der Waals surface area contributed by atoms with Gasteiger partial charge in [0.1, 0.15) is 5.75 Å². The minimum Gasteiger partial charge on any atom is -0.496 e. The number of methoxy groups -OCH3 is 1. The highest BCUT2D eigenvalue weighted by Gasteiger charge is 2.27. The number of hydrogen-bond acceptors (Lipinski definition) is 4. The zero-order valence-electron chi connectivity index (χ0n) is 11.9. The maximum atomic E-state index is 12.3. The van der Waals surface area contributed by atoms with Crippen molar-refractivity contribution in [3.63, 3.8) is 0 Å². The Morgan fingerprint density at radius 3 is 2.32 bits per heavy atom. The molecule has 0 saturated heterocycles. The molecule has 0 aromatic heterocycles. The van der Waals surface area contributed by atoms with Crippen molar-refractivity contribution in [2.75, 3.05) is 13.7 Å². The number of nitrogens with one attached hydrogen (secondary N) is 1. The lowest BCUT2D eigenvalue weighted by Gasteiger charge is -2.24. The van der Waals surface area contributed by atoms with Gasteiger partial charge < -0.3 is 9.84 Å². The summed E-state index contributed by atoms with van der Waals surface area (Å²) in [5, 5.41) is 9.16. The molecule has 0 saturated carbocycles. The van der Waals surface area contributed by atoms with Crippen LogP contribution >= 0.6 is 0 Å². The number of aliphatic hydroxyl groups is 1. The molecular weight excluding hydrogens is 266 g/mol. The van der Waals surface area contributed by atoms with Crippen LogP contribution in [0.3, 0.4) is 0 Å². The van der Waals surface area contributed by atoms with Crippen molar-refractivity contribution in [1.82, 2.24) is 4.72 Å². The van der Waals surface area contributed by atoms with Crippen molar-refractivity contribution in [3.8, 4) is 5.75 Å². The molecule has 0 aliphatic rings. The first-order valence-electron chi connectivity index (χ1n) is 5.93. The molecule has 0 unspecified atom stereocenters. The van der Waals surface area contributed by atoms with E-state index in [9.17, 15) is 8.42 Å². The maximum Gasteiger partial charge on any atom is 0.241 e. The van der Waals surface area contributed by atoms with Crippen molar-refractivity contribution >= 4 is 10.0 Å². The number of aliphatic hydroxyl groups excluding tert-OH is 1. The molecular formula is C13H21NO4S. The van der Waals surface area contributed by atoms with Crippen LogP contribution in [0.5, 0.6) is 5.75 Å². The van der Waals surface area contributed by atoms with Crippen LogP contribution in [0.1, 0.15) is 25.0 Å². The van der Waals surface area contributed by atoms with Crippen molar-refractivity contribution in [1.29, 1.82) is 0 Å². The highest BCUT2D eigenvalue weighted by molar-refractivity contribution is 7.89. The van der Waals surface area contributed by atoms with Crippen LogP contribution in [0, 0.1) is 13.8 Å². The van der Waals surface area contributed by atoms with E-state index >= 15 is 0 Å². The Labute approximate surface area is 114 Å². The van der Waals surface area contributed by atoms with Crippen LogP contribution in [-0.4, -0.2) is 32.8 Å².